The third kappa shape index (κ3) is 1.78. The van der Waals surface area contributed by atoms with Gasteiger partial charge in [0.15, 0.2) is 0 Å². The molecule has 1 heterocycles. The molecule has 0 saturated carbocycles. The normalized spacial score (nSPS) is 11.2. The van der Waals surface area contributed by atoms with Gasteiger partial charge in [-0.15, -0.1) is 0 Å². The minimum Gasteiger partial charge on any atom is -0.475 e. The molecule has 16 heavy (non-hydrogen) atoms. The highest BCUT2D eigenvalue weighted by Gasteiger charge is 2.16. The summed E-state index contributed by atoms with van der Waals surface area (Å²) in [6.45, 7) is 4.78. The lowest BCUT2D eigenvalue weighted by Crippen LogP contribution is -2.12. The molecule has 4 heteroatoms. The fourth-order valence-corrected chi connectivity index (χ4v) is 1.79. The second-order valence-corrected chi connectivity index (χ2v) is 4.23. The van der Waals surface area contributed by atoms with Crippen molar-refractivity contribution in [1.82, 2.24) is 9.55 Å². The summed E-state index contributed by atoms with van der Waals surface area (Å²) in [5.41, 5.74) is 1.62. The number of carboxylic acids is 1. The van der Waals surface area contributed by atoms with Crippen LogP contribution in [0, 0.1) is 5.92 Å². The molecule has 1 aromatic carbocycles. The molecule has 0 aliphatic carbocycles. The maximum atomic E-state index is 11.1. The maximum absolute atomic E-state index is 11.1. The Morgan fingerprint density at radius 3 is 2.75 bits per heavy atom. The molecule has 0 spiro atoms. The minimum atomic E-state index is -0.975. The Labute approximate surface area is 93.5 Å². The quantitative estimate of drug-likeness (QED) is 0.860. The molecule has 0 aliphatic rings. The predicted molar refractivity (Wildman–Crippen MR) is 61.5 cm³/mol. The van der Waals surface area contributed by atoms with E-state index >= 15 is 0 Å². The number of benzene rings is 1. The first-order valence-electron chi connectivity index (χ1n) is 5.28. The predicted octanol–water partition coefficient (Wildman–Crippen LogP) is 2.39. The van der Waals surface area contributed by atoms with Gasteiger partial charge in [-0.1, -0.05) is 26.0 Å². The maximum Gasteiger partial charge on any atom is 0.372 e. The lowest BCUT2D eigenvalue weighted by molar-refractivity contribution is 0.0678. The van der Waals surface area contributed by atoms with Gasteiger partial charge < -0.3 is 9.67 Å². The number of fused-ring (bicyclic) bond motifs is 1. The molecule has 4 nitrogen and oxygen atoms in total. The first-order chi connectivity index (χ1) is 7.59. The van der Waals surface area contributed by atoms with E-state index in [1.807, 2.05) is 24.3 Å². The summed E-state index contributed by atoms with van der Waals surface area (Å²) >= 11 is 0. The fraction of sp³-hybridized carbons (Fsp3) is 0.333. The molecule has 84 valence electrons. The summed E-state index contributed by atoms with van der Waals surface area (Å²) in [6, 6.07) is 7.49. The first kappa shape index (κ1) is 10.7. The highest BCUT2D eigenvalue weighted by Crippen LogP contribution is 2.17. The monoisotopic (exact) mass is 218 g/mol. The summed E-state index contributed by atoms with van der Waals surface area (Å²) in [5, 5.41) is 9.10. The van der Waals surface area contributed by atoms with Gasteiger partial charge in [0.1, 0.15) is 0 Å². The van der Waals surface area contributed by atoms with E-state index < -0.39 is 5.97 Å². The summed E-state index contributed by atoms with van der Waals surface area (Å²) in [5.74, 6) is -0.470. The molecule has 2 aromatic rings. The van der Waals surface area contributed by atoms with Gasteiger partial charge in [0, 0.05) is 6.54 Å². The van der Waals surface area contributed by atoms with Gasteiger partial charge >= 0.3 is 5.97 Å². The smallest absolute Gasteiger partial charge is 0.372 e. The van der Waals surface area contributed by atoms with Crippen LogP contribution in [0.3, 0.4) is 0 Å². The van der Waals surface area contributed by atoms with Crippen molar-refractivity contribution in [2.75, 3.05) is 0 Å². The van der Waals surface area contributed by atoms with Crippen LogP contribution in [0.15, 0.2) is 24.3 Å². The van der Waals surface area contributed by atoms with Crippen molar-refractivity contribution in [2.24, 2.45) is 5.92 Å². The first-order valence-corrected chi connectivity index (χ1v) is 5.28. The molecule has 0 radical (unpaired) electrons. The molecular weight excluding hydrogens is 204 g/mol. The van der Waals surface area contributed by atoms with Crippen molar-refractivity contribution in [3.8, 4) is 0 Å². The summed E-state index contributed by atoms with van der Waals surface area (Å²) < 4.78 is 1.77. The van der Waals surface area contributed by atoms with Crippen LogP contribution >= 0.6 is 0 Å². The van der Waals surface area contributed by atoms with Crippen molar-refractivity contribution < 1.29 is 9.90 Å². The van der Waals surface area contributed by atoms with Crippen LogP contribution in [0.2, 0.25) is 0 Å². The van der Waals surface area contributed by atoms with Crippen LogP contribution in [0.1, 0.15) is 24.5 Å². The average molecular weight is 218 g/mol. The summed E-state index contributed by atoms with van der Waals surface area (Å²) in [6.07, 6.45) is 0. The molecule has 0 saturated heterocycles. The number of nitrogens with zero attached hydrogens (tertiary/aromatic N) is 2. The van der Waals surface area contributed by atoms with E-state index in [4.69, 9.17) is 5.11 Å². The van der Waals surface area contributed by atoms with Gasteiger partial charge in [0.05, 0.1) is 11.0 Å². The standard InChI is InChI=1S/C12H14N2O2/c1-8(2)7-14-10-6-4-3-5-9(10)13-11(14)12(15)16/h3-6,8H,7H2,1-2H3,(H,15,16). The van der Waals surface area contributed by atoms with Gasteiger partial charge in [-0.05, 0) is 18.1 Å². The number of imidazole rings is 1. The molecular formula is C12H14N2O2. The summed E-state index contributed by atoms with van der Waals surface area (Å²) in [4.78, 5) is 15.2. The van der Waals surface area contributed by atoms with Crippen molar-refractivity contribution in [3.05, 3.63) is 30.1 Å². The number of carbonyl (C=O) groups is 1. The number of rotatable bonds is 3. The van der Waals surface area contributed by atoms with E-state index in [1.165, 1.54) is 0 Å². The Hall–Kier alpha value is -1.84. The second kappa shape index (κ2) is 3.96. The number of para-hydroxylation sites is 2. The zero-order chi connectivity index (χ0) is 11.7. The Balaban J connectivity index is 2.64. The zero-order valence-corrected chi connectivity index (χ0v) is 9.34. The molecule has 1 N–H and O–H groups in total. The Morgan fingerprint density at radius 2 is 2.12 bits per heavy atom. The SMILES string of the molecule is CC(C)Cn1c(C(=O)O)nc2ccccc21. The molecule has 0 atom stereocenters. The Morgan fingerprint density at radius 1 is 1.44 bits per heavy atom. The molecule has 0 bridgehead atoms. The minimum absolute atomic E-state index is 0.120. The summed E-state index contributed by atoms with van der Waals surface area (Å²) in [7, 11) is 0. The zero-order valence-electron chi connectivity index (χ0n) is 9.34. The molecule has 1 aromatic heterocycles. The van der Waals surface area contributed by atoms with Crippen LogP contribution in [0.25, 0.3) is 11.0 Å². The van der Waals surface area contributed by atoms with Gasteiger partial charge in [0.2, 0.25) is 5.82 Å². The van der Waals surface area contributed by atoms with Crippen molar-refractivity contribution >= 4 is 17.0 Å². The van der Waals surface area contributed by atoms with E-state index in [1.54, 1.807) is 4.57 Å². The van der Waals surface area contributed by atoms with Crippen molar-refractivity contribution in [3.63, 3.8) is 0 Å². The molecule has 0 amide bonds. The number of hydrogen-bond acceptors (Lipinski definition) is 2. The van der Waals surface area contributed by atoms with Crippen molar-refractivity contribution in [2.45, 2.75) is 20.4 Å². The molecule has 0 aliphatic heterocycles. The van der Waals surface area contributed by atoms with Crippen LogP contribution in [0.4, 0.5) is 0 Å². The third-order valence-electron chi connectivity index (χ3n) is 2.39. The molecule has 0 unspecified atom stereocenters. The highest BCUT2D eigenvalue weighted by molar-refractivity contribution is 5.89. The number of aromatic carboxylic acids is 1. The van der Waals surface area contributed by atoms with E-state index in [0.717, 1.165) is 11.0 Å². The number of carboxylic acid groups (broad SMARTS) is 1. The van der Waals surface area contributed by atoms with Crippen molar-refractivity contribution in [1.29, 1.82) is 0 Å². The lowest BCUT2D eigenvalue weighted by atomic mass is 10.2. The Bertz CT molecular complexity index is 529. The molecule has 2 rings (SSSR count). The van der Waals surface area contributed by atoms with Gasteiger partial charge in [-0.25, -0.2) is 9.78 Å². The van der Waals surface area contributed by atoms with Crippen LogP contribution in [-0.4, -0.2) is 20.6 Å². The van der Waals surface area contributed by atoms with E-state index in [0.29, 0.717) is 12.5 Å². The third-order valence-corrected chi connectivity index (χ3v) is 2.39. The lowest BCUT2D eigenvalue weighted by Gasteiger charge is -2.09. The topological polar surface area (TPSA) is 55.1 Å². The van der Waals surface area contributed by atoms with E-state index in [-0.39, 0.29) is 5.82 Å². The average Bonchev–Trinajstić information content (AvgIpc) is 2.57. The fourth-order valence-electron chi connectivity index (χ4n) is 1.79. The second-order valence-electron chi connectivity index (χ2n) is 4.23. The largest absolute Gasteiger partial charge is 0.475 e. The van der Waals surface area contributed by atoms with Crippen LogP contribution < -0.4 is 0 Å². The van der Waals surface area contributed by atoms with Crippen LogP contribution in [-0.2, 0) is 6.54 Å². The Kier molecular flexibility index (Phi) is 2.64. The van der Waals surface area contributed by atoms with Gasteiger partial charge in [0.25, 0.3) is 0 Å². The highest BCUT2D eigenvalue weighted by atomic mass is 16.4. The number of hydrogen-bond donors (Lipinski definition) is 1. The van der Waals surface area contributed by atoms with E-state index in [9.17, 15) is 4.79 Å². The van der Waals surface area contributed by atoms with Gasteiger partial charge in [-0.3, -0.25) is 0 Å². The van der Waals surface area contributed by atoms with Crippen LogP contribution in [0.5, 0.6) is 0 Å². The van der Waals surface area contributed by atoms with E-state index in [2.05, 4.69) is 18.8 Å². The molecule has 0 fully saturated rings. The number of aromatic nitrogens is 2. The van der Waals surface area contributed by atoms with Gasteiger partial charge in [-0.2, -0.15) is 0 Å².